The Morgan fingerprint density at radius 3 is 2.50 bits per heavy atom. The third-order valence-corrected chi connectivity index (χ3v) is 2.33. The highest BCUT2D eigenvalue weighted by molar-refractivity contribution is 6.30. The van der Waals surface area contributed by atoms with E-state index in [4.69, 9.17) is 11.6 Å². The molecule has 2 nitrogen and oxygen atoms in total. The Labute approximate surface area is 98.1 Å². The van der Waals surface area contributed by atoms with Crippen LogP contribution in [0.15, 0.2) is 42.6 Å². The van der Waals surface area contributed by atoms with Crippen molar-refractivity contribution in [3.8, 4) is 0 Å². The molecule has 0 aliphatic carbocycles. The first-order valence-electron chi connectivity index (χ1n) is 4.84. The number of rotatable bonds is 3. The van der Waals surface area contributed by atoms with Gasteiger partial charge in [0.15, 0.2) is 0 Å². The van der Waals surface area contributed by atoms with E-state index in [2.05, 4.69) is 10.3 Å². The fourth-order valence-corrected chi connectivity index (χ4v) is 1.38. The fourth-order valence-electron chi connectivity index (χ4n) is 1.27. The summed E-state index contributed by atoms with van der Waals surface area (Å²) in [6.07, 6.45) is 1.60. The van der Waals surface area contributed by atoms with E-state index < -0.39 is 0 Å². The first-order chi connectivity index (χ1) is 7.74. The van der Waals surface area contributed by atoms with E-state index in [1.807, 2.05) is 6.07 Å². The topological polar surface area (TPSA) is 24.9 Å². The average Bonchev–Trinajstić information content (AvgIpc) is 2.30. The van der Waals surface area contributed by atoms with E-state index in [1.54, 1.807) is 24.4 Å². The van der Waals surface area contributed by atoms with Crippen molar-refractivity contribution in [2.24, 2.45) is 0 Å². The van der Waals surface area contributed by atoms with Crippen LogP contribution in [0, 0.1) is 5.82 Å². The number of halogens is 2. The molecule has 2 aromatic rings. The molecule has 2 rings (SSSR count). The maximum absolute atomic E-state index is 12.6. The summed E-state index contributed by atoms with van der Waals surface area (Å²) < 4.78 is 12.6. The molecule has 0 aliphatic rings. The van der Waals surface area contributed by atoms with Gasteiger partial charge in [-0.15, -0.1) is 0 Å². The van der Waals surface area contributed by atoms with Gasteiger partial charge < -0.3 is 5.32 Å². The number of benzene rings is 1. The summed E-state index contributed by atoms with van der Waals surface area (Å²) in [6.45, 7) is 0.586. The van der Waals surface area contributed by atoms with Crippen molar-refractivity contribution in [1.29, 1.82) is 0 Å². The van der Waals surface area contributed by atoms with Gasteiger partial charge in [0.05, 0.1) is 17.3 Å². The summed E-state index contributed by atoms with van der Waals surface area (Å²) in [4.78, 5) is 4.14. The van der Waals surface area contributed by atoms with Crippen LogP contribution in [0.3, 0.4) is 0 Å². The van der Waals surface area contributed by atoms with Crippen molar-refractivity contribution in [2.45, 2.75) is 6.54 Å². The van der Waals surface area contributed by atoms with Gasteiger partial charge in [-0.05, 0) is 36.4 Å². The van der Waals surface area contributed by atoms with Crippen LogP contribution in [0.5, 0.6) is 0 Å². The van der Waals surface area contributed by atoms with Gasteiger partial charge in [0.25, 0.3) is 0 Å². The second-order valence-electron chi connectivity index (χ2n) is 3.33. The maximum atomic E-state index is 12.6. The monoisotopic (exact) mass is 236 g/mol. The molecule has 0 saturated heterocycles. The number of hydrogen-bond donors (Lipinski definition) is 1. The number of aromatic nitrogens is 1. The van der Waals surface area contributed by atoms with Gasteiger partial charge in [-0.3, -0.25) is 4.98 Å². The lowest BCUT2D eigenvalue weighted by Gasteiger charge is -2.05. The lowest BCUT2D eigenvalue weighted by Crippen LogP contribution is -2.01. The van der Waals surface area contributed by atoms with Crippen molar-refractivity contribution < 1.29 is 4.39 Å². The summed E-state index contributed by atoms with van der Waals surface area (Å²) in [6, 6.07) is 9.83. The molecule has 1 heterocycles. The van der Waals surface area contributed by atoms with Gasteiger partial charge >= 0.3 is 0 Å². The third kappa shape index (κ3) is 2.94. The van der Waals surface area contributed by atoms with Crippen LogP contribution in [0.1, 0.15) is 5.69 Å². The number of nitrogens with one attached hydrogen (secondary N) is 1. The Morgan fingerprint density at radius 2 is 1.88 bits per heavy atom. The lowest BCUT2D eigenvalue weighted by molar-refractivity contribution is 0.628. The Bertz CT molecular complexity index is 408. The van der Waals surface area contributed by atoms with E-state index in [0.29, 0.717) is 11.6 Å². The van der Waals surface area contributed by atoms with Gasteiger partial charge in [0.2, 0.25) is 0 Å². The van der Waals surface area contributed by atoms with Gasteiger partial charge in [0, 0.05) is 11.9 Å². The molecule has 0 atom stereocenters. The van der Waals surface area contributed by atoms with E-state index in [0.717, 1.165) is 11.4 Å². The molecular formula is C12H10ClFN2. The van der Waals surface area contributed by atoms with Crippen LogP contribution in [0.2, 0.25) is 5.02 Å². The second-order valence-corrected chi connectivity index (χ2v) is 3.76. The van der Waals surface area contributed by atoms with Gasteiger partial charge in [-0.1, -0.05) is 11.6 Å². The first kappa shape index (κ1) is 10.9. The molecular weight excluding hydrogens is 227 g/mol. The van der Waals surface area contributed by atoms with Gasteiger partial charge in [0.1, 0.15) is 5.82 Å². The van der Waals surface area contributed by atoms with E-state index in [1.165, 1.54) is 12.1 Å². The highest BCUT2D eigenvalue weighted by atomic mass is 35.5. The summed E-state index contributed by atoms with van der Waals surface area (Å²) in [5.74, 6) is -0.241. The molecule has 0 spiro atoms. The van der Waals surface area contributed by atoms with Gasteiger partial charge in [-0.2, -0.15) is 0 Å². The number of hydrogen-bond acceptors (Lipinski definition) is 2. The minimum atomic E-state index is -0.241. The van der Waals surface area contributed by atoms with E-state index >= 15 is 0 Å². The zero-order chi connectivity index (χ0) is 11.4. The quantitative estimate of drug-likeness (QED) is 0.883. The zero-order valence-corrected chi connectivity index (χ0v) is 9.21. The SMILES string of the molecule is Fc1ccc(NCc2ccc(Cl)cn2)cc1. The third-order valence-electron chi connectivity index (χ3n) is 2.11. The molecule has 0 fully saturated rings. The molecule has 16 heavy (non-hydrogen) atoms. The summed E-state index contributed by atoms with van der Waals surface area (Å²) >= 11 is 5.72. The number of pyridine rings is 1. The van der Waals surface area contributed by atoms with Crippen LogP contribution >= 0.6 is 11.6 Å². The fraction of sp³-hybridized carbons (Fsp3) is 0.0833. The van der Waals surface area contributed by atoms with E-state index in [-0.39, 0.29) is 5.82 Å². The van der Waals surface area contributed by atoms with E-state index in [9.17, 15) is 4.39 Å². The summed E-state index contributed by atoms with van der Waals surface area (Å²) in [5, 5.41) is 3.75. The minimum Gasteiger partial charge on any atom is -0.379 e. The minimum absolute atomic E-state index is 0.241. The predicted molar refractivity (Wildman–Crippen MR) is 63.0 cm³/mol. The van der Waals surface area contributed by atoms with Crippen molar-refractivity contribution >= 4 is 17.3 Å². The van der Waals surface area contributed by atoms with Crippen molar-refractivity contribution in [3.05, 3.63) is 59.1 Å². The largest absolute Gasteiger partial charge is 0.379 e. The predicted octanol–water partition coefficient (Wildman–Crippen LogP) is 3.49. The Hall–Kier alpha value is -1.61. The molecule has 0 saturated carbocycles. The normalized spacial score (nSPS) is 10.1. The maximum Gasteiger partial charge on any atom is 0.123 e. The standard InChI is InChI=1S/C12H10ClFN2/c13-9-1-4-12(15-7-9)8-16-11-5-2-10(14)3-6-11/h1-7,16H,8H2. The van der Waals surface area contributed by atoms with Crippen molar-refractivity contribution in [3.63, 3.8) is 0 Å². The molecule has 0 amide bonds. The highest BCUT2D eigenvalue weighted by Crippen LogP contribution is 2.11. The number of nitrogens with zero attached hydrogens (tertiary/aromatic N) is 1. The lowest BCUT2D eigenvalue weighted by atomic mass is 10.3. The molecule has 1 N–H and O–H groups in total. The van der Waals surface area contributed by atoms with Crippen molar-refractivity contribution in [1.82, 2.24) is 4.98 Å². The summed E-state index contributed by atoms with van der Waals surface area (Å²) in [5.41, 5.74) is 1.74. The summed E-state index contributed by atoms with van der Waals surface area (Å²) in [7, 11) is 0. The zero-order valence-electron chi connectivity index (χ0n) is 8.45. The van der Waals surface area contributed by atoms with Crippen LogP contribution in [-0.4, -0.2) is 4.98 Å². The van der Waals surface area contributed by atoms with Crippen LogP contribution in [-0.2, 0) is 6.54 Å². The molecule has 0 aliphatic heterocycles. The highest BCUT2D eigenvalue weighted by Gasteiger charge is 1.96. The molecule has 82 valence electrons. The van der Waals surface area contributed by atoms with Crippen molar-refractivity contribution in [2.75, 3.05) is 5.32 Å². The molecule has 4 heteroatoms. The first-order valence-corrected chi connectivity index (χ1v) is 5.22. The van der Waals surface area contributed by atoms with Crippen LogP contribution < -0.4 is 5.32 Å². The molecule has 1 aromatic heterocycles. The Balaban J connectivity index is 1.97. The molecule has 1 aromatic carbocycles. The molecule has 0 bridgehead atoms. The molecule has 0 unspecified atom stereocenters. The second kappa shape index (κ2) is 4.94. The molecule has 0 radical (unpaired) electrons. The van der Waals surface area contributed by atoms with Gasteiger partial charge in [-0.25, -0.2) is 4.39 Å². The smallest absolute Gasteiger partial charge is 0.123 e. The Morgan fingerprint density at radius 1 is 1.12 bits per heavy atom. The van der Waals surface area contributed by atoms with Crippen LogP contribution in [0.4, 0.5) is 10.1 Å². The van der Waals surface area contributed by atoms with Crippen LogP contribution in [0.25, 0.3) is 0 Å². The average molecular weight is 237 g/mol. The Kier molecular flexibility index (Phi) is 3.37. The number of anilines is 1.